The molecule has 2 heterocycles. The molecule has 2 fully saturated rings. The summed E-state index contributed by atoms with van der Waals surface area (Å²) in [7, 11) is 0. The molecular formula is C15H21NO2. The Labute approximate surface area is 108 Å². The molecule has 2 aliphatic rings. The van der Waals surface area contributed by atoms with Crippen molar-refractivity contribution >= 4 is 0 Å². The summed E-state index contributed by atoms with van der Waals surface area (Å²) in [5.41, 5.74) is 1.22. The van der Waals surface area contributed by atoms with Crippen LogP contribution in [0.3, 0.4) is 0 Å². The van der Waals surface area contributed by atoms with Gasteiger partial charge in [-0.1, -0.05) is 30.3 Å². The molecular weight excluding hydrogens is 226 g/mol. The van der Waals surface area contributed by atoms with Crippen LogP contribution < -0.4 is 5.32 Å². The maximum Gasteiger partial charge on any atom is 0.0993 e. The molecule has 2 aliphatic heterocycles. The number of benzene rings is 1. The molecule has 3 rings (SSSR count). The number of ether oxygens (including phenoxy) is 2. The first-order chi connectivity index (χ1) is 8.89. The molecule has 1 N–H and O–H groups in total. The second kappa shape index (κ2) is 5.39. The number of hydrogen-bond donors (Lipinski definition) is 1. The highest BCUT2D eigenvalue weighted by Crippen LogP contribution is 2.35. The smallest absolute Gasteiger partial charge is 0.0993 e. The van der Waals surface area contributed by atoms with E-state index >= 15 is 0 Å². The summed E-state index contributed by atoms with van der Waals surface area (Å²) in [5.74, 6) is 0. The lowest BCUT2D eigenvalue weighted by atomic mass is 9.86. The summed E-state index contributed by atoms with van der Waals surface area (Å²) in [6, 6.07) is 10.4. The van der Waals surface area contributed by atoms with Crippen LogP contribution in [0.2, 0.25) is 0 Å². The summed E-state index contributed by atoms with van der Waals surface area (Å²) in [6.45, 7) is 3.53. The van der Waals surface area contributed by atoms with Gasteiger partial charge in [-0.25, -0.2) is 0 Å². The van der Waals surface area contributed by atoms with Crippen LogP contribution in [0.15, 0.2) is 30.3 Å². The number of nitrogens with one attached hydrogen (secondary N) is 1. The average molecular weight is 247 g/mol. The molecule has 0 bridgehead atoms. The van der Waals surface area contributed by atoms with Crippen LogP contribution in [0.1, 0.15) is 24.8 Å². The predicted molar refractivity (Wildman–Crippen MR) is 70.4 cm³/mol. The van der Waals surface area contributed by atoms with Gasteiger partial charge in [-0.3, -0.25) is 0 Å². The SMILES string of the molecule is c1ccc(CO[C@@H]2CNCC[C@@]23CCCO3)cc1. The molecule has 0 radical (unpaired) electrons. The van der Waals surface area contributed by atoms with E-state index in [0.717, 1.165) is 32.5 Å². The standard InChI is InChI=1S/C15H21NO2/c1-2-5-13(6-3-1)12-17-14-11-16-9-8-15(14)7-4-10-18-15/h1-3,5-6,14,16H,4,7-12H2/t14-,15+/m1/s1. The minimum absolute atomic E-state index is 0.0139. The largest absolute Gasteiger partial charge is 0.372 e. The minimum Gasteiger partial charge on any atom is -0.372 e. The fourth-order valence-electron chi connectivity index (χ4n) is 3.03. The highest BCUT2D eigenvalue weighted by molar-refractivity contribution is 5.13. The minimum atomic E-state index is -0.0139. The summed E-state index contributed by atoms with van der Waals surface area (Å²) in [5, 5.41) is 3.42. The van der Waals surface area contributed by atoms with Gasteiger partial charge < -0.3 is 14.8 Å². The van der Waals surface area contributed by atoms with Gasteiger partial charge in [0.15, 0.2) is 0 Å². The predicted octanol–water partition coefficient (Wildman–Crippen LogP) is 2.11. The first-order valence-corrected chi connectivity index (χ1v) is 6.89. The summed E-state index contributed by atoms with van der Waals surface area (Å²) in [4.78, 5) is 0. The monoisotopic (exact) mass is 247 g/mol. The van der Waals surface area contributed by atoms with Crippen molar-refractivity contribution in [1.29, 1.82) is 0 Å². The van der Waals surface area contributed by atoms with E-state index < -0.39 is 0 Å². The number of rotatable bonds is 3. The van der Waals surface area contributed by atoms with E-state index in [-0.39, 0.29) is 11.7 Å². The van der Waals surface area contributed by atoms with Crippen molar-refractivity contribution in [3.8, 4) is 0 Å². The molecule has 1 spiro atoms. The van der Waals surface area contributed by atoms with Crippen LogP contribution in [-0.2, 0) is 16.1 Å². The zero-order valence-corrected chi connectivity index (χ0v) is 10.7. The maximum atomic E-state index is 6.12. The second-order valence-electron chi connectivity index (χ2n) is 5.26. The topological polar surface area (TPSA) is 30.5 Å². The molecule has 98 valence electrons. The quantitative estimate of drug-likeness (QED) is 0.887. The van der Waals surface area contributed by atoms with Gasteiger partial charge in [0.25, 0.3) is 0 Å². The zero-order chi connectivity index (χ0) is 12.3. The van der Waals surface area contributed by atoms with Crippen molar-refractivity contribution in [2.24, 2.45) is 0 Å². The molecule has 1 aromatic carbocycles. The van der Waals surface area contributed by atoms with Crippen LogP contribution in [-0.4, -0.2) is 31.4 Å². The lowest BCUT2D eigenvalue weighted by Gasteiger charge is -2.40. The fraction of sp³-hybridized carbons (Fsp3) is 0.600. The number of hydrogen-bond acceptors (Lipinski definition) is 3. The maximum absolute atomic E-state index is 6.12. The van der Waals surface area contributed by atoms with E-state index in [1.165, 1.54) is 12.0 Å². The highest BCUT2D eigenvalue weighted by Gasteiger charge is 2.45. The van der Waals surface area contributed by atoms with Gasteiger partial charge in [0, 0.05) is 13.2 Å². The fourth-order valence-corrected chi connectivity index (χ4v) is 3.03. The van der Waals surface area contributed by atoms with Gasteiger partial charge in [-0.05, 0) is 31.4 Å². The summed E-state index contributed by atoms with van der Waals surface area (Å²) < 4.78 is 12.1. The van der Waals surface area contributed by atoms with Gasteiger partial charge >= 0.3 is 0 Å². The van der Waals surface area contributed by atoms with E-state index in [4.69, 9.17) is 9.47 Å². The van der Waals surface area contributed by atoms with Crippen molar-refractivity contribution in [3.05, 3.63) is 35.9 Å². The molecule has 0 saturated carbocycles. The van der Waals surface area contributed by atoms with Crippen LogP contribution >= 0.6 is 0 Å². The first kappa shape index (κ1) is 12.2. The molecule has 2 atom stereocenters. The highest BCUT2D eigenvalue weighted by atomic mass is 16.6. The van der Waals surface area contributed by atoms with Crippen molar-refractivity contribution in [2.45, 2.75) is 37.6 Å². The Bertz CT molecular complexity index is 373. The lowest BCUT2D eigenvalue weighted by molar-refractivity contribution is -0.137. The third-order valence-corrected chi connectivity index (χ3v) is 4.07. The van der Waals surface area contributed by atoms with E-state index in [2.05, 4.69) is 29.6 Å². The third kappa shape index (κ3) is 2.44. The number of piperidine rings is 1. The normalized spacial score (nSPS) is 31.9. The van der Waals surface area contributed by atoms with E-state index in [0.29, 0.717) is 6.61 Å². The van der Waals surface area contributed by atoms with Gasteiger partial charge in [0.05, 0.1) is 18.3 Å². The van der Waals surface area contributed by atoms with Crippen molar-refractivity contribution in [1.82, 2.24) is 5.32 Å². The average Bonchev–Trinajstić information content (AvgIpc) is 2.88. The molecule has 0 aliphatic carbocycles. The summed E-state index contributed by atoms with van der Waals surface area (Å²) >= 11 is 0. The molecule has 3 nitrogen and oxygen atoms in total. The van der Waals surface area contributed by atoms with Crippen molar-refractivity contribution < 1.29 is 9.47 Å². The molecule has 0 amide bonds. The lowest BCUT2D eigenvalue weighted by Crippen LogP contribution is -2.54. The Morgan fingerprint density at radius 2 is 2.17 bits per heavy atom. The van der Waals surface area contributed by atoms with Crippen LogP contribution in [0.5, 0.6) is 0 Å². The Kier molecular flexibility index (Phi) is 3.64. The Morgan fingerprint density at radius 1 is 1.28 bits per heavy atom. The van der Waals surface area contributed by atoms with Crippen LogP contribution in [0.25, 0.3) is 0 Å². The van der Waals surface area contributed by atoms with Crippen molar-refractivity contribution in [2.75, 3.05) is 19.7 Å². The van der Waals surface area contributed by atoms with Crippen LogP contribution in [0, 0.1) is 0 Å². The van der Waals surface area contributed by atoms with E-state index in [9.17, 15) is 0 Å². The third-order valence-electron chi connectivity index (χ3n) is 4.07. The van der Waals surface area contributed by atoms with Gasteiger partial charge in [-0.2, -0.15) is 0 Å². The molecule has 0 aromatic heterocycles. The van der Waals surface area contributed by atoms with Crippen molar-refractivity contribution in [3.63, 3.8) is 0 Å². The summed E-state index contributed by atoms with van der Waals surface area (Å²) in [6.07, 6.45) is 3.58. The Hall–Kier alpha value is -0.900. The first-order valence-electron chi connectivity index (χ1n) is 6.89. The zero-order valence-electron chi connectivity index (χ0n) is 10.7. The van der Waals surface area contributed by atoms with Gasteiger partial charge in [0.2, 0.25) is 0 Å². The second-order valence-corrected chi connectivity index (χ2v) is 5.26. The molecule has 3 heteroatoms. The van der Waals surface area contributed by atoms with Crippen LogP contribution in [0.4, 0.5) is 0 Å². The van der Waals surface area contributed by atoms with E-state index in [1.54, 1.807) is 0 Å². The molecule has 0 unspecified atom stereocenters. The molecule has 18 heavy (non-hydrogen) atoms. The van der Waals surface area contributed by atoms with E-state index in [1.807, 2.05) is 6.07 Å². The molecule has 1 aromatic rings. The molecule has 2 saturated heterocycles. The van der Waals surface area contributed by atoms with Gasteiger partial charge in [-0.15, -0.1) is 0 Å². The van der Waals surface area contributed by atoms with Gasteiger partial charge in [0.1, 0.15) is 0 Å². The Balaban J connectivity index is 1.63. The Morgan fingerprint density at radius 3 is 2.94 bits per heavy atom.